The van der Waals surface area contributed by atoms with Crippen LogP contribution in [0.5, 0.6) is 11.5 Å². The molecule has 0 heterocycles. The number of rotatable bonds is 9. The average molecular weight is 312 g/mol. The van der Waals surface area contributed by atoms with E-state index in [2.05, 4.69) is 0 Å². The van der Waals surface area contributed by atoms with Gasteiger partial charge in [0.2, 0.25) is 5.91 Å². The quantitative estimate of drug-likeness (QED) is 0.380. The van der Waals surface area contributed by atoms with Crippen LogP contribution >= 0.6 is 0 Å². The number of aliphatic hydroxyl groups is 2. The number of amides is 1. The molecule has 1 aromatic carbocycles. The van der Waals surface area contributed by atoms with Gasteiger partial charge in [-0.15, -0.1) is 0 Å². The average Bonchev–Trinajstić information content (AvgIpc) is 2.49. The Morgan fingerprint density at radius 1 is 1.27 bits per heavy atom. The summed E-state index contributed by atoms with van der Waals surface area (Å²) in [6, 6.07) is 3.26. The number of anilines is 1. The van der Waals surface area contributed by atoms with Crippen molar-refractivity contribution < 1.29 is 24.9 Å². The Balaban J connectivity index is 2.72. The zero-order chi connectivity index (χ0) is 16.5. The van der Waals surface area contributed by atoms with Crippen molar-refractivity contribution in [1.82, 2.24) is 4.90 Å². The molecule has 0 radical (unpaired) electrons. The zero-order valence-corrected chi connectivity index (χ0v) is 12.8. The molecule has 7 nitrogen and oxygen atoms in total. The zero-order valence-electron chi connectivity index (χ0n) is 12.8. The first-order valence-corrected chi connectivity index (χ1v) is 7.27. The number of nitrogens with zero attached hydrogens (tertiary/aromatic N) is 1. The van der Waals surface area contributed by atoms with Crippen molar-refractivity contribution in [2.45, 2.75) is 19.8 Å². The van der Waals surface area contributed by atoms with Crippen molar-refractivity contribution in [2.75, 3.05) is 38.6 Å². The Kier molecular flexibility index (Phi) is 7.48. The Labute approximate surface area is 129 Å². The van der Waals surface area contributed by atoms with E-state index >= 15 is 0 Å². The van der Waals surface area contributed by atoms with Crippen molar-refractivity contribution in [3.05, 3.63) is 17.7 Å². The fourth-order valence-electron chi connectivity index (χ4n) is 2.11. The monoisotopic (exact) mass is 312 g/mol. The Morgan fingerprint density at radius 2 is 1.91 bits per heavy atom. The van der Waals surface area contributed by atoms with Gasteiger partial charge in [0.15, 0.2) is 11.5 Å². The maximum Gasteiger partial charge on any atom is 0.223 e. The maximum absolute atomic E-state index is 12.1. The Morgan fingerprint density at radius 3 is 2.45 bits per heavy atom. The molecule has 0 aliphatic rings. The highest BCUT2D eigenvalue weighted by Crippen LogP contribution is 2.34. The summed E-state index contributed by atoms with van der Waals surface area (Å²) in [5.41, 5.74) is 6.70. The van der Waals surface area contributed by atoms with Gasteiger partial charge in [0, 0.05) is 19.5 Å². The molecule has 0 saturated heterocycles. The van der Waals surface area contributed by atoms with Crippen LogP contribution < -0.4 is 10.5 Å². The highest BCUT2D eigenvalue weighted by molar-refractivity contribution is 5.76. The van der Waals surface area contributed by atoms with Crippen LogP contribution in [0, 0.1) is 0 Å². The van der Waals surface area contributed by atoms with Crippen LogP contribution in [0.15, 0.2) is 12.1 Å². The SMILES string of the molecule is CCOc1cc(CCC(=O)N(CCO)CCO)cc(N)c1O. The van der Waals surface area contributed by atoms with Crippen molar-refractivity contribution in [3.63, 3.8) is 0 Å². The van der Waals surface area contributed by atoms with E-state index in [1.54, 1.807) is 19.1 Å². The molecule has 0 saturated carbocycles. The van der Waals surface area contributed by atoms with Crippen LogP contribution in [0.1, 0.15) is 18.9 Å². The number of nitrogen functional groups attached to an aromatic ring is 1. The number of aliphatic hydroxyl groups excluding tert-OH is 2. The summed E-state index contributed by atoms with van der Waals surface area (Å²) in [6.45, 7) is 2.30. The molecule has 0 unspecified atom stereocenters. The summed E-state index contributed by atoms with van der Waals surface area (Å²) in [4.78, 5) is 13.5. The number of nitrogens with two attached hydrogens (primary N) is 1. The van der Waals surface area contributed by atoms with E-state index in [9.17, 15) is 9.90 Å². The first-order chi connectivity index (χ1) is 10.5. The summed E-state index contributed by atoms with van der Waals surface area (Å²) in [5.74, 6) is 0.0411. The van der Waals surface area contributed by atoms with E-state index in [-0.39, 0.29) is 50.1 Å². The van der Waals surface area contributed by atoms with E-state index in [0.717, 1.165) is 5.56 Å². The van der Waals surface area contributed by atoms with Gasteiger partial charge in [-0.05, 0) is 31.0 Å². The van der Waals surface area contributed by atoms with Gasteiger partial charge >= 0.3 is 0 Å². The second-order valence-corrected chi connectivity index (χ2v) is 4.79. The molecule has 0 spiro atoms. The summed E-state index contributed by atoms with van der Waals surface area (Å²) in [7, 11) is 0. The minimum Gasteiger partial charge on any atom is -0.503 e. The van der Waals surface area contributed by atoms with Crippen molar-refractivity contribution in [3.8, 4) is 11.5 Å². The number of phenols is 1. The predicted octanol–water partition coefficient (Wildman–Crippen LogP) is 0.119. The predicted molar refractivity (Wildman–Crippen MR) is 82.8 cm³/mol. The number of benzene rings is 1. The fourth-order valence-corrected chi connectivity index (χ4v) is 2.11. The number of aryl methyl sites for hydroxylation is 1. The van der Waals surface area contributed by atoms with Crippen LogP contribution in [-0.4, -0.2) is 59.0 Å². The number of ether oxygens (including phenoxy) is 1. The molecule has 0 aromatic heterocycles. The highest BCUT2D eigenvalue weighted by Gasteiger charge is 2.14. The molecule has 0 bridgehead atoms. The third-order valence-corrected chi connectivity index (χ3v) is 3.18. The largest absolute Gasteiger partial charge is 0.503 e. The minimum absolute atomic E-state index is 0.0980. The maximum atomic E-state index is 12.1. The number of hydrogen-bond acceptors (Lipinski definition) is 6. The number of carbonyl (C=O) groups is 1. The van der Waals surface area contributed by atoms with Gasteiger partial charge in [-0.3, -0.25) is 4.79 Å². The molecule has 124 valence electrons. The summed E-state index contributed by atoms with van der Waals surface area (Å²) < 4.78 is 5.30. The normalized spacial score (nSPS) is 10.5. The van der Waals surface area contributed by atoms with Crippen LogP contribution in [0.25, 0.3) is 0 Å². The lowest BCUT2D eigenvalue weighted by atomic mass is 10.1. The Bertz CT molecular complexity index is 487. The standard InChI is InChI=1S/C15H24N2O5/c1-2-22-13-10-11(9-12(16)15(13)21)3-4-14(20)17(5-7-18)6-8-19/h9-10,18-19,21H,2-8,16H2,1H3. The summed E-state index contributed by atoms with van der Waals surface area (Å²) >= 11 is 0. The smallest absolute Gasteiger partial charge is 0.223 e. The topological polar surface area (TPSA) is 116 Å². The van der Waals surface area contributed by atoms with Gasteiger partial charge in [0.25, 0.3) is 0 Å². The van der Waals surface area contributed by atoms with Crippen molar-refractivity contribution in [1.29, 1.82) is 0 Å². The van der Waals surface area contributed by atoms with E-state index in [4.69, 9.17) is 20.7 Å². The molecule has 1 aromatic rings. The number of phenolic OH excluding ortho intramolecular Hbond substituents is 1. The molecular formula is C15H24N2O5. The second-order valence-electron chi connectivity index (χ2n) is 4.79. The van der Waals surface area contributed by atoms with Crippen LogP contribution in [0.4, 0.5) is 5.69 Å². The molecular weight excluding hydrogens is 288 g/mol. The first kappa shape index (κ1) is 18.1. The minimum atomic E-state index is -0.160. The van der Waals surface area contributed by atoms with E-state index in [1.165, 1.54) is 4.90 Å². The van der Waals surface area contributed by atoms with Gasteiger partial charge < -0.3 is 30.7 Å². The number of aromatic hydroxyl groups is 1. The van der Waals surface area contributed by atoms with Gasteiger partial charge in [0.05, 0.1) is 25.5 Å². The fraction of sp³-hybridized carbons (Fsp3) is 0.533. The molecule has 0 fully saturated rings. The van der Waals surface area contributed by atoms with E-state index < -0.39 is 0 Å². The third-order valence-electron chi connectivity index (χ3n) is 3.18. The summed E-state index contributed by atoms with van der Waals surface area (Å²) in [6.07, 6.45) is 0.645. The molecule has 22 heavy (non-hydrogen) atoms. The second kappa shape index (κ2) is 9.11. The molecule has 5 N–H and O–H groups in total. The molecule has 0 aliphatic carbocycles. The highest BCUT2D eigenvalue weighted by atomic mass is 16.5. The molecule has 1 amide bonds. The van der Waals surface area contributed by atoms with Gasteiger partial charge in [0.1, 0.15) is 0 Å². The third kappa shape index (κ3) is 5.09. The molecule has 0 atom stereocenters. The summed E-state index contributed by atoms with van der Waals surface area (Å²) in [5, 5.41) is 27.6. The lowest BCUT2D eigenvalue weighted by Crippen LogP contribution is -2.35. The Hall–Kier alpha value is -1.99. The lowest BCUT2D eigenvalue weighted by Gasteiger charge is -2.20. The molecule has 0 aliphatic heterocycles. The molecule has 7 heteroatoms. The van der Waals surface area contributed by atoms with E-state index in [1.807, 2.05) is 0 Å². The lowest BCUT2D eigenvalue weighted by molar-refractivity contribution is -0.132. The molecule has 1 rings (SSSR count). The van der Waals surface area contributed by atoms with Crippen LogP contribution in [0.3, 0.4) is 0 Å². The number of hydrogen-bond donors (Lipinski definition) is 4. The van der Waals surface area contributed by atoms with Gasteiger partial charge in [-0.2, -0.15) is 0 Å². The first-order valence-electron chi connectivity index (χ1n) is 7.27. The number of carbonyl (C=O) groups excluding carboxylic acids is 1. The van der Waals surface area contributed by atoms with Crippen molar-refractivity contribution in [2.24, 2.45) is 0 Å². The van der Waals surface area contributed by atoms with Crippen molar-refractivity contribution >= 4 is 11.6 Å². The van der Waals surface area contributed by atoms with E-state index in [0.29, 0.717) is 18.8 Å². The van der Waals surface area contributed by atoms with Crippen LogP contribution in [-0.2, 0) is 11.2 Å². The van der Waals surface area contributed by atoms with Gasteiger partial charge in [-0.1, -0.05) is 0 Å². The van der Waals surface area contributed by atoms with Crippen LogP contribution in [0.2, 0.25) is 0 Å². The van der Waals surface area contributed by atoms with Gasteiger partial charge in [-0.25, -0.2) is 0 Å².